The van der Waals surface area contributed by atoms with Gasteiger partial charge in [-0.3, -0.25) is 29.3 Å². The quantitative estimate of drug-likeness (QED) is 0.561. The highest BCUT2D eigenvalue weighted by Crippen LogP contribution is 2.41. The van der Waals surface area contributed by atoms with Crippen LogP contribution in [0.2, 0.25) is 0 Å². The fourth-order valence-corrected chi connectivity index (χ4v) is 5.47. The minimum absolute atomic E-state index is 0.178. The second kappa shape index (κ2) is 7.94. The Labute approximate surface area is 199 Å². The van der Waals surface area contributed by atoms with Gasteiger partial charge in [0.1, 0.15) is 12.1 Å². The van der Waals surface area contributed by atoms with Crippen LogP contribution in [0.15, 0.2) is 42.7 Å². The Balaban J connectivity index is 1.33. The Bertz CT molecular complexity index is 1380. The van der Waals surface area contributed by atoms with Crippen LogP contribution >= 0.6 is 0 Å². The molecule has 8 nitrogen and oxygen atoms in total. The zero-order valence-corrected chi connectivity index (χ0v) is 18.8. The number of rotatable bonds is 4. The first-order valence-electron chi connectivity index (χ1n) is 11.7. The van der Waals surface area contributed by atoms with Crippen LogP contribution in [0.25, 0.3) is 10.8 Å². The molecule has 2 N–H and O–H groups in total. The van der Waals surface area contributed by atoms with Gasteiger partial charge < -0.3 is 5.32 Å². The van der Waals surface area contributed by atoms with Crippen LogP contribution < -0.4 is 15.5 Å². The van der Waals surface area contributed by atoms with Gasteiger partial charge in [0, 0.05) is 30.0 Å². The maximum Gasteiger partial charge on any atom is 0.282 e. The molecule has 4 heterocycles. The van der Waals surface area contributed by atoms with Crippen LogP contribution in [-0.2, 0) is 16.0 Å². The molecule has 0 saturated carbocycles. The van der Waals surface area contributed by atoms with E-state index in [-0.39, 0.29) is 31.2 Å². The third-order valence-corrected chi connectivity index (χ3v) is 7.15. The number of carbonyl (C=O) groups excluding carboxylic acids is 3. The van der Waals surface area contributed by atoms with Crippen LogP contribution in [-0.4, -0.2) is 52.6 Å². The molecule has 0 bridgehead atoms. The molecule has 3 aliphatic heterocycles. The SMILES string of the molecule is O=C1CCC(N2C(=O)c3cccc4c(Cc5cnn([C@@H]6CCNCC6(F)F)c5)ccc2c34)C(=O)N1. The third kappa shape index (κ3) is 3.51. The zero-order chi connectivity index (χ0) is 24.3. The van der Waals surface area contributed by atoms with E-state index in [2.05, 4.69) is 15.7 Å². The summed E-state index contributed by atoms with van der Waals surface area (Å²) in [7, 11) is 0. The first-order valence-corrected chi connectivity index (χ1v) is 11.7. The Morgan fingerprint density at radius 2 is 1.97 bits per heavy atom. The van der Waals surface area contributed by atoms with Gasteiger partial charge >= 0.3 is 0 Å². The van der Waals surface area contributed by atoms with Gasteiger partial charge in [-0.1, -0.05) is 18.2 Å². The van der Waals surface area contributed by atoms with Crippen LogP contribution in [0.5, 0.6) is 0 Å². The van der Waals surface area contributed by atoms with Gasteiger partial charge in [-0.2, -0.15) is 5.10 Å². The van der Waals surface area contributed by atoms with Gasteiger partial charge in [0.25, 0.3) is 11.8 Å². The number of carbonyl (C=O) groups is 3. The minimum atomic E-state index is -2.87. The van der Waals surface area contributed by atoms with E-state index in [0.29, 0.717) is 30.6 Å². The lowest BCUT2D eigenvalue weighted by molar-refractivity contribution is -0.134. The molecule has 0 radical (unpaired) electrons. The summed E-state index contributed by atoms with van der Waals surface area (Å²) in [5.74, 6) is -3.94. The van der Waals surface area contributed by atoms with Crippen molar-refractivity contribution < 1.29 is 23.2 Å². The van der Waals surface area contributed by atoms with Crippen molar-refractivity contribution in [3.63, 3.8) is 0 Å². The van der Waals surface area contributed by atoms with Gasteiger partial charge in [0.2, 0.25) is 11.8 Å². The molecule has 2 aromatic carbocycles. The number of nitrogens with one attached hydrogen (secondary N) is 2. The van der Waals surface area contributed by atoms with Crippen molar-refractivity contribution in [3.05, 3.63) is 59.4 Å². The van der Waals surface area contributed by atoms with Gasteiger partial charge in [0.15, 0.2) is 0 Å². The van der Waals surface area contributed by atoms with E-state index in [1.807, 2.05) is 18.2 Å². The fourth-order valence-electron chi connectivity index (χ4n) is 5.47. The van der Waals surface area contributed by atoms with Crippen LogP contribution in [0.4, 0.5) is 14.5 Å². The molecular formula is C25H23F2N5O3. The van der Waals surface area contributed by atoms with Crippen molar-refractivity contribution in [2.24, 2.45) is 0 Å². The van der Waals surface area contributed by atoms with E-state index in [9.17, 15) is 23.2 Å². The standard InChI is InChI=1S/C25H23F2N5O3/c26-25(27)13-28-9-8-20(25)31-12-14(11-29-31)10-15-4-5-18-22-16(15)2-1-3-17(22)24(35)32(18)19-6-7-21(33)30-23(19)34/h1-5,11-12,19-20,28H,6-10,13H2,(H,30,33,34)/t19?,20-/m1/s1. The minimum Gasteiger partial charge on any atom is -0.311 e. The first kappa shape index (κ1) is 21.8. The normalized spacial score (nSPS) is 23.7. The summed E-state index contributed by atoms with van der Waals surface area (Å²) in [5.41, 5.74) is 2.88. The molecule has 2 saturated heterocycles. The summed E-state index contributed by atoms with van der Waals surface area (Å²) in [4.78, 5) is 38.9. The Morgan fingerprint density at radius 3 is 2.77 bits per heavy atom. The molecule has 10 heteroatoms. The summed E-state index contributed by atoms with van der Waals surface area (Å²) >= 11 is 0. The van der Waals surface area contributed by atoms with Crippen molar-refractivity contribution in [2.45, 2.75) is 43.7 Å². The number of benzene rings is 2. The molecule has 6 rings (SSSR count). The number of hydrogen-bond donors (Lipinski definition) is 2. The smallest absolute Gasteiger partial charge is 0.282 e. The average molecular weight is 479 g/mol. The monoisotopic (exact) mass is 479 g/mol. The Kier molecular flexibility index (Phi) is 4.96. The highest BCUT2D eigenvalue weighted by molar-refractivity contribution is 6.27. The Hall–Kier alpha value is -3.66. The highest BCUT2D eigenvalue weighted by Gasteiger charge is 2.43. The van der Waals surface area contributed by atoms with Crippen molar-refractivity contribution in [1.29, 1.82) is 0 Å². The number of hydrogen-bond acceptors (Lipinski definition) is 5. The van der Waals surface area contributed by atoms with E-state index in [1.165, 1.54) is 9.58 Å². The van der Waals surface area contributed by atoms with E-state index in [0.717, 1.165) is 21.9 Å². The molecule has 0 spiro atoms. The first-order chi connectivity index (χ1) is 16.8. The van der Waals surface area contributed by atoms with Gasteiger partial charge in [-0.15, -0.1) is 0 Å². The molecule has 3 amide bonds. The Morgan fingerprint density at radius 1 is 1.11 bits per heavy atom. The second-order valence-electron chi connectivity index (χ2n) is 9.36. The van der Waals surface area contributed by atoms with Gasteiger partial charge in [-0.25, -0.2) is 8.78 Å². The number of anilines is 1. The number of nitrogens with zero attached hydrogens (tertiary/aromatic N) is 3. The number of alkyl halides is 2. The fraction of sp³-hybridized carbons (Fsp3) is 0.360. The molecule has 2 fully saturated rings. The van der Waals surface area contributed by atoms with E-state index in [4.69, 9.17) is 0 Å². The molecule has 3 aromatic rings. The molecular weight excluding hydrogens is 456 g/mol. The van der Waals surface area contributed by atoms with Crippen molar-refractivity contribution >= 4 is 34.2 Å². The van der Waals surface area contributed by atoms with Gasteiger partial charge in [-0.05, 0) is 48.0 Å². The summed E-state index contributed by atoms with van der Waals surface area (Å²) < 4.78 is 30.1. The van der Waals surface area contributed by atoms with Crippen molar-refractivity contribution in [2.75, 3.05) is 18.0 Å². The maximum absolute atomic E-state index is 14.4. The van der Waals surface area contributed by atoms with Crippen LogP contribution in [0, 0.1) is 0 Å². The summed E-state index contributed by atoms with van der Waals surface area (Å²) in [6.07, 6.45) is 4.50. The number of piperidine rings is 2. The summed E-state index contributed by atoms with van der Waals surface area (Å²) in [5, 5.41) is 10.9. The highest BCUT2D eigenvalue weighted by atomic mass is 19.3. The zero-order valence-electron chi connectivity index (χ0n) is 18.8. The lowest BCUT2D eigenvalue weighted by Gasteiger charge is -2.31. The lowest BCUT2D eigenvalue weighted by atomic mass is 9.97. The number of aromatic nitrogens is 2. The largest absolute Gasteiger partial charge is 0.311 e. The van der Waals surface area contributed by atoms with Crippen molar-refractivity contribution in [1.82, 2.24) is 20.4 Å². The molecule has 0 aliphatic carbocycles. The number of halogens is 2. The predicted molar refractivity (Wildman–Crippen MR) is 123 cm³/mol. The third-order valence-electron chi connectivity index (χ3n) is 7.15. The molecule has 2 atom stereocenters. The topological polar surface area (TPSA) is 96.3 Å². The van der Waals surface area contributed by atoms with Crippen LogP contribution in [0.3, 0.4) is 0 Å². The number of amides is 3. The van der Waals surface area contributed by atoms with Gasteiger partial charge in [0.05, 0.1) is 18.4 Å². The van der Waals surface area contributed by atoms with E-state index in [1.54, 1.807) is 24.5 Å². The lowest BCUT2D eigenvalue weighted by Crippen LogP contribution is -2.53. The molecule has 1 aromatic heterocycles. The summed E-state index contributed by atoms with van der Waals surface area (Å²) in [6.45, 7) is 0.154. The van der Waals surface area contributed by atoms with Crippen molar-refractivity contribution in [3.8, 4) is 0 Å². The second-order valence-corrected chi connectivity index (χ2v) is 9.36. The average Bonchev–Trinajstić information content (AvgIpc) is 3.39. The maximum atomic E-state index is 14.4. The van der Waals surface area contributed by atoms with E-state index >= 15 is 0 Å². The molecule has 1 unspecified atom stereocenters. The molecule has 35 heavy (non-hydrogen) atoms. The number of imide groups is 1. The summed E-state index contributed by atoms with van der Waals surface area (Å²) in [6, 6.07) is 7.45. The predicted octanol–water partition coefficient (Wildman–Crippen LogP) is 2.56. The van der Waals surface area contributed by atoms with E-state index < -0.39 is 23.9 Å². The molecule has 180 valence electrons. The van der Waals surface area contributed by atoms with Crippen LogP contribution in [0.1, 0.15) is 46.8 Å². The molecule has 3 aliphatic rings.